The third-order valence-corrected chi connectivity index (χ3v) is 1.23. The van der Waals surface area contributed by atoms with E-state index < -0.39 is 0 Å². The summed E-state index contributed by atoms with van der Waals surface area (Å²) in [5, 5.41) is 3.82. The molecule has 1 radical (unpaired) electrons. The van der Waals surface area contributed by atoms with E-state index in [0.29, 0.717) is 11.7 Å². The number of hydrogen-bond acceptors (Lipinski definition) is 2. The van der Waals surface area contributed by atoms with E-state index in [0.717, 1.165) is 12.1 Å². The van der Waals surface area contributed by atoms with Gasteiger partial charge in [0.25, 0.3) is 0 Å². The molecule has 10 heavy (non-hydrogen) atoms. The van der Waals surface area contributed by atoms with E-state index in [9.17, 15) is 0 Å². The molecule has 0 N–H and O–H groups in total. The molecule has 0 unspecified atom stereocenters. The van der Waals surface area contributed by atoms with Crippen LogP contribution in [0.1, 0.15) is 25.3 Å². The zero-order chi connectivity index (χ0) is 7.56. The second-order valence-electron chi connectivity index (χ2n) is 2.88. The van der Waals surface area contributed by atoms with Crippen LogP contribution in [0.25, 0.3) is 0 Å². The van der Waals surface area contributed by atoms with Crippen LogP contribution in [0.2, 0.25) is 0 Å². The van der Waals surface area contributed by atoms with Crippen LogP contribution in [0.3, 0.4) is 0 Å². The average molecular weight is 138 g/mol. The standard InChI is InChI=1S/C8H12NO/c1-6(2)4-8-5-7(3)10-9-8/h5-6H,3-4H2,1-2H3. The number of nitrogens with zero attached hydrogens (tertiary/aromatic N) is 1. The summed E-state index contributed by atoms with van der Waals surface area (Å²) in [6.07, 6.45) is 0.971. The first kappa shape index (κ1) is 7.32. The highest BCUT2D eigenvalue weighted by Crippen LogP contribution is 2.07. The molecule has 0 aliphatic carbocycles. The molecule has 0 fully saturated rings. The van der Waals surface area contributed by atoms with Gasteiger partial charge in [0.05, 0.1) is 5.69 Å². The van der Waals surface area contributed by atoms with Crippen molar-refractivity contribution in [3.05, 3.63) is 24.4 Å². The SMILES string of the molecule is [CH2]c1cc(CC(C)C)no1. The number of aromatic nitrogens is 1. The molecule has 0 aliphatic rings. The lowest BCUT2D eigenvalue weighted by Crippen LogP contribution is -1.92. The molecular formula is C8H12NO. The summed E-state index contributed by atoms with van der Waals surface area (Å²) in [6.45, 7) is 7.92. The normalized spacial score (nSPS) is 10.8. The van der Waals surface area contributed by atoms with Gasteiger partial charge in [-0.3, -0.25) is 0 Å². The van der Waals surface area contributed by atoms with Crippen LogP contribution < -0.4 is 0 Å². The molecule has 1 aromatic heterocycles. The molecule has 0 saturated heterocycles. The topological polar surface area (TPSA) is 26.0 Å². The Labute approximate surface area is 61.2 Å². The van der Waals surface area contributed by atoms with E-state index in [4.69, 9.17) is 4.52 Å². The monoisotopic (exact) mass is 138 g/mol. The molecular weight excluding hydrogens is 126 g/mol. The van der Waals surface area contributed by atoms with E-state index in [2.05, 4.69) is 25.9 Å². The van der Waals surface area contributed by atoms with Gasteiger partial charge in [0.2, 0.25) is 0 Å². The van der Waals surface area contributed by atoms with Crippen LogP contribution >= 0.6 is 0 Å². The van der Waals surface area contributed by atoms with E-state index >= 15 is 0 Å². The van der Waals surface area contributed by atoms with Crippen LogP contribution in [0, 0.1) is 12.8 Å². The molecule has 2 heteroatoms. The van der Waals surface area contributed by atoms with Gasteiger partial charge in [0, 0.05) is 13.0 Å². The molecule has 1 heterocycles. The molecule has 2 nitrogen and oxygen atoms in total. The molecule has 1 rings (SSSR count). The van der Waals surface area contributed by atoms with Crippen molar-refractivity contribution in [1.29, 1.82) is 0 Å². The van der Waals surface area contributed by atoms with E-state index in [1.807, 2.05) is 6.07 Å². The zero-order valence-corrected chi connectivity index (χ0v) is 6.42. The van der Waals surface area contributed by atoms with Gasteiger partial charge in [-0.15, -0.1) is 0 Å². The summed E-state index contributed by atoms with van der Waals surface area (Å²) in [6, 6.07) is 1.88. The Morgan fingerprint density at radius 2 is 2.40 bits per heavy atom. The summed E-state index contributed by atoms with van der Waals surface area (Å²) >= 11 is 0. The third kappa shape index (κ3) is 1.87. The highest BCUT2D eigenvalue weighted by molar-refractivity contribution is 5.07. The number of hydrogen-bond donors (Lipinski definition) is 0. The van der Waals surface area contributed by atoms with Crippen LogP contribution in [0.5, 0.6) is 0 Å². The van der Waals surface area contributed by atoms with Crippen molar-refractivity contribution in [2.24, 2.45) is 5.92 Å². The van der Waals surface area contributed by atoms with Crippen LogP contribution in [0.4, 0.5) is 0 Å². The fourth-order valence-corrected chi connectivity index (χ4v) is 0.870. The molecule has 0 aromatic carbocycles. The summed E-state index contributed by atoms with van der Waals surface area (Å²) in [5.41, 5.74) is 1.00. The minimum atomic E-state index is 0.629. The second kappa shape index (κ2) is 2.86. The second-order valence-corrected chi connectivity index (χ2v) is 2.88. The van der Waals surface area contributed by atoms with Gasteiger partial charge in [0.1, 0.15) is 5.76 Å². The van der Waals surface area contributed by atoms with Gasteiger partial charge in [0.15, 0.2) is 0 Å². The maximum Gasteiger partial charge on any atom is 0.137 e. The first-order valence-corrected chi connectivity index (χ1v) is 3.46. The molecule has 0 amide bonds. The Balaban J connectivity index is 2.58. The molecule has 0 bridgehead atoms. The first-order valence-electron chi connectivity index (χ1n) is 3.46. The fourth-order valence-electron chi connectivity index (χ4n) is 0.870. The highest BCUT2D eigenvalue weighted by Gasteiger charge is 2.01. The minimum Gasteiger partial charge on any atom is -0.361 e. The maximum absolute atomic E-state index is 4.80. The van der Waals surface area contributed by atoms with E-state index in [-0.39, 0.29) is 0 Å². The summed E-state index contributed by atoms with van der Waals surface area (Å²) in [7, 11) is 0. The van der Waals surface area contributed by atoms with Crippen molar-refractivity contribution in [2.75, 3.05) is 0 Å². The molecule has 0 saturated carbocycles. The predicted octanol–water partition coefficient (Wildman–Crippen LogP) is 2.06. The Morgan fingerprint density at radius 1 is 1.70 bits per heavy atom. The number of rotatable bonds is 2. The van der Waals surface area contributed by atoms with Crippen LogP contribution in [-0.4, -0.2) is 5.16 Å². The van der Waals surface area contributed by atoms with Crippen molar-refractivity contribution in [1.82, 2.24) is 5.16 Å². The molecule has 0 spiro atoms. The minimum absolute atomic E-state index is 0.629. The van der Waals surface area contributed by atoms with Crippen molar-refractivity contribution in [2.45, 2.75) is 20.3 Å². The van der Waals surface area contributed by atoms with Crippen molar-refractivity contribution >= 4 is 0 Å². The highest BCUT2D eigenvalue weighted by atomic mass is 16.5. The Bertz CT molecular complexity index is 203. The average Bonchev–Trinajstić information content (AvgIpc) is 2.13. The van der Waals surface area contributed by atoms with Gasteiger partial charge < -0.3 is 4.52 Å². The quantitative estimate of drug-likeness (QED) is 0.625. The Hall–Kier alpha value is -0.790. The lowest BCUT2D eigenvalue weighted by Gasteiger charge is -1.96. The van der Waals surface area contributed by atoms with Crippen molar-refractivity contribution < 1.29 is 4.52 Å². The molecule has 0 aliphatic heterocycles. The summed E-state index contributed by atoms with van der Waals surface area (Å²) in [5.74, 6) is 1.28. The van der Waals surface area contributed by atoms with E-state index in [1.54, 1.807) is 0 Å². The lowest BCUT2D eigenvalue weighted by molar-refractivity contribution is 0.396. The summed E-state index contributed by atoms with van der Waals surface area (Å²) in [4.78, 5) is 0. The Morgan fingerprint density at radius 3 is 2.80 bits per heavy atom. The van der Waals surface area contributed by atoms with Gasteiger partial charge in [-0.1, -0.05) is 19.0 Å². The van der Waals surface area contributed by atoms with Crippen molar-refractivity contribution in [3.63, 3.8) is 0 Å². The Kier molecular flexibility index (Phi) is 2.10. The summed E-state index contributed by atoms with van der Waals surface area (Å²) < 4.78 is 4.80. The maximum atomic E-state index is 4.80. The van der Waals surface area contributed by atoms with Crippen LogP contribution in [-0.2, 0) is 6.42 Å². The smallest absolute Gasteiger partial charge is 0.137 e. The lowest BCUT2D eigenvalue weighted by atomic mass is 10.1. The zero-order valence-electron chi connectivity index (χ0n) is 6.42. The third-order valence-electron chi connectivity index (χ3n) is 1.23. The van der Waals surface area contributed by atoms with Crippen molar-refractivity contribution in [3.8, 4) is 0 Å². The molecule has 1 aromatic rings. The van der Waals surface area contributed by atoms with E-state index in [1.165, 1.54) is 0 Å². The fraction of sp³-hybridized carbons (Fsp3) is 0.500. The largest absolute Gasteiger partial charge is 0.361 e. The van der Waals surface area contributed by atoms with Gasteiger partial charge in [-0.2, -0.15) is 0 Å². The predicted molar refractivity (Wildman–Crippen MR) is 39.5 cm³/mol. The molecule has 0 atom stereocenters. The van der Waals surface area contributed by atoms with Gasteiger partial charge >= 0.3 is 0 Å². The first-order chi connectivity index (χ1) is 4.68. The van der Waals surface area contributed by atoms with Crippen LogP contribution in [0.15, 0.2) is 10.6 Å². The van der Waals surface area contributed by atoms with Gasteiger partial charge in [-0.05, 0) is 12.3 Å². The van der Waals surface area contributed by atoms with Gasteiger partial charge in [-0.25, -0.2) is 0 Å². The molecule has 55 valence electrons.